The summed E-state index contributed by atoms with van der Waals surface area (Å²) in [4.78, 5) is 24.9. The van der Waals surface area contributed by atoms with Gasteiger partial charge in [-0.1, -0.05) is 23.7 Å². The molecule has 1 aliphatic heterocycles. The molecule has 0 aliphatic carbocycles. The number of nitro benzene ring substituents is 1. The molecule has 1 amide bonds. The number of nitro groups is 1. The maximum Gasteiger partial charge on any atom is 0.288 e. The van der Waals surface area contributed by atoms with Gasteiger partial charge in [-0.15, -0.1) is 0 Å². The van der Waals surface area contributed by atoms with E-state index < -0.39 is 10.8 Å². The number of carbonyl (C=O) groups excluding carboxylic acids is 1. The van der Waals surface area contributed by atoms with E-state index in [1.165, 1.54) is 12.1 Å². The van der Waals surface area contributed by atoms with E-state index in [1.54, 1.807) is 0 Å². The third-order valence-corrected chi connectivity index (χ3v) is 4.66. The predicted octanol–water partition coefficient (Wildman–Crippen LogP) is 3.21. The standard InChI is InChI=1S/C18H17ClN4O4S/c19-13-6-5-12(11-16(13)23(25)26)17(24)21-18(28)20-14-3-1-2-4-15(14)22-7-9-27-10-8-22/h1-6,11H,7-10H2,(H2,20,21,24,28). The Hall–Kier alpha value is -2.75. The van der Waals surface area contributed by atoms with Gasteiger partial charge in [0, 0.05) is 24.7 Å². The smallest absolute Gasteiger partial charge is 0.288 e. The van der Waals surface area contributed by atoms with Gasteiger partial charge in [-0.05, 0) is 36.5 Å². The van der Waals surface area contributed by atoms with Crippen molar-refractivity contribution in [2.45, 2.75) is 0 Å². The second kappa shape index (κ2) is 8.96. The Morgan fingerprint density at radius 3 is 2.64 bits per heavy atom. The van der Waals surface area contributed by atoms with Gasteiger partial charge in [0.1, 0.15) is 5.02 Å². The first kappa shape index (κ1) is 20.0. The Kier molecular flexibility index (Phi) is 6.40. The molecule has 8 nitrogen and oxygen atoms in total. The zero-order valence-corrected chi connectivity index (χ0v) is 16.3. The van der Waals surface area contributed by atoms with Crippen LogP contribution in [0.15, 0.2) is 42.5 Å². The minimum absolute atomic E-state index is 0.0401. The van der Waals surface area contributed by atoms with E-state index in [1.807, 2.05) is 24.3 Å². The highest BCUT2D eigenvalue weighted by atomic mass is 35.5. The number of anilines is 2. The maximum absolute atomic E-state index is 12.4. The quantitative estimate of drug-likeness (QED) is 0.445. The van der Waals surface area contributed by atoms with Crippen molar-refractivity contribution >= 4 is 51.9 Å². The highest BCUT2D eigenvalue weighted by Crippen LogP contribution is 2.27. The molecule has 10 heteroatoms. The highest BCUT2D eigenvalue weighted by molar-refractivity contribution is 7.80. The van der Waals surface area contributed by atoms with Crippen molar-refractivity contribution in [2.24, 2.45) is 0 Å². The predicted molar refractivity (Wildman–Crippen MR) is 111 cm³/mol. The first-order valence-corrected chi connectivity index (χ1v) is 9.22. The number of nitrogens with zero attached hydrogens (tertiary/aromatic N) is 2. The van der Waals surface area contributed by atoms with E-state index >= 15 is 0 Å². The molecule has 2 aromatic rings. The largest absolute Gasteiger partial charge is 0.378 e. The van der Waals surface area contributed by atoms with E-state index in [4.69, 9.17) is 28.6 Å². The monoisotopic (exact) mass is 420 g/mol. The van der Waals surface area contributed by atoms with E-state index in [0.29, 0.717) is 13.2 Å². The van der Waals surface area contributed by atoms with Gasteiger partial charge in [-0.3, -0.25) is 20.2 Å². The van der Waals surface area contributed by atoms with Gasteiger partial charge in [0.15, 0.2) is 5.11 Å². The molecule has 0 spiro atoms. The molecule has 0 bridgehead atoms. The fourth-order valence-corrected chi connectivity index (χ4v) is 3.17. The molecule has 28 heavy (non-hydrogen) atoms. The molecule has 1 aliphatic rings. The number of hydrogen-bond donors (Lipinski definition) is 2. The normalized spacial score (nSPS) is 13.7. The van der Waals surface area contributed by atoms with Gasteiger partial charge >= 0.3 is 0 Å². The average Bonchev–Trinajstić information content (AvgIpc) is 2.69. The summed E-state index contributed by atoms with van der Waals surface area (Å²) >= 11 is 11.0. The summed E-state index contributed by atoms with van der Waals surface area (Å²) in [5, 5.41) is 16.6. The zero-order chi connectivity index (χ0) is 20.1. The summed E-state index contributed by atoms with van der Waals surface area (Å²) < 4.78 is 5.38. The van der Waals surface area contributed by atoms with Crippen LogP contribution in [0, 0.1) is 10.1 Å². The second-order valence-corrected chi connectivity index (χ2v) is 6.76. The molecule has 1 fully saturated rings. The van der Waals surface area contributed by atoms with Gasteiger partial charge in [0.25, 0.3) is 11.6 Å². The summed E-state index contributed by atoms with van der Waals surface area (Å²) in [5.74, 6) is -0.568. The fourth-order valence-electron chi connectivity index (χ4n) is 2.78. The minimum atomic E-state index is -0.645. The van der Waals surface area contributed by atoms with E-state index in [-0.39, 0.29) is 21.4 Å². The van der Waals surface area contributed by atoms with Crippen molar-refractivity contribution in [3.05, 3.63) is 63.2 Å². The number of thiocarbonyl (C=S) groups is 1. The molecule has 3 rings (SSSR count). The molecule has 0 atom stereocenters. The molecule has 146 valence electrons. The average molecular weight is 421 g/mol. The topological polar surface area (TPSA) is 96.7 Å². The maximum atomic E-state index is 12.4. The van der Waals surface area contributed by atoms with Crippen molar-refractivity contribution in [1.82, 2.24) is 5.32 Å². The fraction of sp³-hybridized carbons (Fsp3) is 0.222. The van der Waals surface area contributed by atoms with Crippen LogP contribution in [0.5, 0.6) is 0 Å². The van der Waals surface area contributed by atoms with E-state index in [9.17, 15) is 14.9 Å². The van der Waals surface area contributed by atoms with Crippen LogP contribution in [0.25, 0.3) is 0 Å². The van der Waals surface area contributed by atoms with Crippen LogP contribution in [0.1, 0.15) is 10.4 Å². The van der Waals surface area contributed by atoms with Crippen LogP contribution < -0.4 is 15.5 Å². The highest BCUT2D eigenvalue weighted by Gasteiger charge is 2.18. The molecule has 0 aromatic heterocycles. The first-order valence-electron chi connectivity index (χ1n) is 8.43. The lowest BCUT2D eigenvalue weighted by Crippen LogP contribution is -2.38. The van der Waals surface area contributed by atoms with Crippen LogP contribution in [-0.2, 0) is 4.74 Å². The second-order valence-electron chi connectivity index (χ2n) is 5.95. The van der Waals surface area contributed by atoms with Crippen LogP contribution in [-0.4, -0.2) is 42.2 Å². The Morgan fingerprint density at radius 1 is 1.21 bits per heavy atom. The molecular formula is C18H17ClN4O4S. The van der Waals surface area contributed by atoms with Crippen molar-refractivity contribution in [2.75, 3.05) is 36.5 Å². The number of carbonyl (C=O) groups is 1. The summed E-state index contributed by atoms with van der Waals surface area (Å²) in [6, 6.07) is 11.4. The molecule has 0 saturated carbocycles. The number of hydrogen-bond acceptors (Lipinski definition) is 6. The van der Waals surface area contributed by atoms with Crippen LogP contribution in [0.3, 0.4) is 0 Å². The van der Waals surface area contributed by atoms with Crippen molar-refractivity contribution in [1.29, 1.82) is 0 Å². The van der Waals surface area contributed by atoms with Crippen molar-refractivity contribution in [3.63, 3.8) is 0 Å². The van der Waals surface area contributed by atoms with Gasteiger partial charge in [-0.25, -0.2) is 0 Å². The third-order valence-electron chi connectivity index (χ3n) is 4.14. The van der Waals surface area contributed by atoms with Gasteiger partial charge in [0.2, 0.25) is 0 Å². The summed E-state index contributed by atoms with van der Waals surface area (Å²) in [5.41, 5.74) is 1.44. The van der Waals surface area contributed by atoms with E-state index in [2.05, 4.69) is 15.5 Å². The van der Waals surface area contributed by atoms with Gasteiger partial charge < -0.3 is 15.0 Å². The molecule has 1 saturated heterocycles. The summed E-state index contributed by atoms with van der Waals surface area (Å²) in [7, 11) is 0. The molecule has 2 aromatic carbocycles. The van der Waals surface area contributed by atoms with Gasteiger partial charge in [0.05, 0.1) is 29.5 Å². The lowest BCUT2D eigenvalue weighted by Gasteiger charge is -2.30. The minimum Gasteiger partial charge on any atom is -0.378 e. The number of halogens is 1. The Morgan fingerprint density at radius 2 is 1.93 bits per heavy atom. The van der Waals surface area contributed by atoms with E-state index in [0.717, 1.165) is 30.5 Å². The van der Waals surface area contributed by atoms with Crippen molar-refractivity contribution in [3.8, 4) is 0 Å². The lowest BCUT2D eigenvalue weighted by atomic mass is 10.2. The van der Waals surface area contributed by atoms with Crippen LogP contribution >= 0.6 is 23.8 Å². The Bertz CT molecular complexity index is 918. The number of rotatable bonds is 4. The SMILES string of the molecule is O=C(NC(=S)Nc1ccccc1N1CCOCC1)c1ccc(Cl)c([N+](=O)[O-])c1. The first-order chi connectivity index (χ1) is 13.5. The molecule has 1 heterocycles. The number of ether oxygens (including phenoxy) is 1. The Balaban J connectivity index is 1.70. The van der Waals surface area contributed by atoms with Crippen LogP contribution in [0.2, 0.25) is 5.02 Å². The number of morpholine rings is 1. The Labute approximate surface area is 171 Å². The molecule has 2 N–H and O–H groups in total. The van der Waals surface area contributed by atoms with Crippen molar-refractivity contribution < 1.29 is 14.5 Å². The number of benzene rings is 2. The number of para-hydroxylation sites is 2. The van der Waals surface area contributed by atoms with Gasteiger partial charge in [-0.2, -0.15) is 0 Å². The summed E-state index contributed by atoms with van der Waals surface area (Å²) in [6.07, 6.45) is 0. The zero-order valence-electron chi connectivity index (χ0n) is 14.7. The number of nitrogens with one attached hydrogen (secondary N) is 2. The molecule has 0 unspecified atom stereocenters. The molecular weight excluding hydrogens is 404 g/mol. The molecule has 0 radical (unpaired) electrons. The summed E-state index contributed by atoms with van der Waals surface area (Å²) in [6.45, 7) is 2.80. The third kappa shape index (κ3) is 4.75. The lowest BCUT2D eigenvalue weighted by molar-refractivity contribution is -0.384. The number of amides is 1. The van der Waals surface area contributed by atoms with Crippen LogP contribution in [0.4, 0.5) is 17.1 Å².